The van der Waals surface area contributed by atoms with Gasteiger partial charge in [-0.05, 0) is 30.5 Å². The number of fused-ring (bicyclic) bond motifs is 1. The van der Waals surface area contributed by atoms with Crippen molar-refractivity contribution in [2.24, 2.45) is 5.92 Å². The SMILES string of the molecule is O=S(=O)(NCC1CCn2ccnc2C1)c1ccc(F)cc1C(F)(F)F. The molecule has 0 bridgehead atoms. The highest BCUT2D eigenvalue weighted by Gasteiger charge is 2.37. The summed E-state index contributed by atoms with van der Waals surface area (Å²) in [5.41, 5.74) is -1.51. The van der Waals surface area contributed by atoms with Gasteiger partial charge in [-0.25, -0.2) is 22.5 Å². The van der Waals surface area contributed by atoms with Crippen LogP contribution in [-0.2, 0) is 29.2 Å². The Morgan fingerprint density at radius 1 is 1.32 bits per heavy atom. The van der Waals surface area contributed by atoms with Crippen molar-refractivity contribution in [1.82, 2.24) is 14.3 Å². The number of aryl methyl sites for hydroxylation is 1. The number of aromatic nitrogens is 2. The van der Waals surface area contributed by atoms with Crippen molar-refractivity contribution in [2.75, 3.05) is 6.54 Å². The zero-order valence-corrected chi connectivity index (χ0v) is 13.7. The Labute approximate surface area is 141 Å². The minimum Gasteiger partial charge on any atom is -0.335 e. The fraction of sp³-hybridized carbons (Fsp3) is 0.400. The van der Waals surface area contributed by atoms with Crippen molar-refractivity contribution in [3.8, 4) is 0 Å². The molecule has 1 aliphatic rings. The number of nitrogens with one attached hydrogen (secondary N) is 1. The molecule has 1 aliphatic heterocycles. The number of hydrogen-bond donors (Lipinski definition) is 1. The maximum atomic E-state index is 13.1. The normalized spacial score (nSPS) is 18.2. The van der Waals surface area contributed by atoms with E-state index in [1.807, 2.05) is 10.8 Å². The van der Waals surface area contributed by atoms with Crippen LogP contribution in [0.3, 0.4) is 0 Å². The van der Waals surface area contributed by atoms with E-state index in [9.17, 15) is 26.0 Å². The van der Waals surface area contributed by atoms with Gasteiger partial charge in [-0.1, -0.05) is 0 Å². The molecule has 1 unspecified atom stereocenters. The maximum absolute atomic E-state index is 13.1. The summed E-state index contributed by atoms with van der Waals surface area (Å²) < 4.78 is 80.9. The van der Waals surface area contributed by atoms with Crippen LogP contribution in [0.15, 0.2) is 35.5 Å². The van der Waals surface area contributed by atoms with Crippen molar-refractivity contribution in [3.63, 3.8) is 0 Å². The van der Waals surface area contributed by atoms with E-state index in [0.29, 0.717) is 31.5 Å². The topological polar surface area (TPSA) is 64.0 Å². The van der Waals surface area contributed by atoms with Crippen molar-refractivity contribution < 1.29 is 26.0 Å². The lowest BCUT2D eigenvalue weighted by Gasteiger charge is -2.23. The lowest BCUT2D eigenvalue weighted by atomic mass is 9.98. The molecule has 136 valence electrons. The van der Waals surface area contributed by atoms with Crippen LogP contribution in [0.25, 0.3) is 0 Å². The molecular weight excluding hydrogens is 362 g/mol. The largest absolute Gasteiger partial charge is 0.417 e. The molecule has 0 saturated heterocycles. The van der Waals surface area contributed by atoms with Crippen LogP contribution in [0.5, 0.6) is 0 Å². The van der Waals surface area contributed by atoms with E-state index in [-0.39, 0.29) is 18.5 Å². The van der Waals surface area contributed by atoms with E-state index >= 15 is 0 Å². The van der Waals surface area contributed by atoms with E-state index < -0.39 is 32.5 Å². The van der Waals surface area contributed by atoms with Crippen LogP contribution >= 0.6 is 0 Å². The van der Waals surface area contributed by atoms with E-state index in [1.165, 1.54) is 0 Å². The summed E-state index contributed by atoms with van der Waals surface area (Å²) >= 11 is 0. The van der Waals surface area contributed by atoms with Gasteiger partial charge >= 0.3 is 6.18 Å². The average Bonchev–Trinajstić information content (AvgIpc) is 2.99. The molecule has 2 aromatic rings. The smallest absolute Gasteiger partial charge is 0.335 e. The molecule has 1 N–H and O–H groups in total. The van der Waals surface area contributed by atoms with Crippen molar-refractivity contribution in [3.05, 3.63) is 47.8 Å². The Bertz CT molecular complexity index is 877. The summed E-state index contributed by atoms with van der Waals surface area (Å²) in [5.74, 6) is -0.405. The number of halogens is 4. The van der Waals surface area contributed by atoms with Gasteiger partial charge in [-0.2, -0.15) is 13.2 Å². The maximum Gasteiger partial charge on any atom is 0.417 e. The second-order valence-corrected chi connectivity index (χ2v) is 7.62. The van der Waals surface area contributed by atoms with Gasteiger partial charge in [-0.15, -0.1) is 0 Å². The number of nitrogens with zero attached hydrogens (tertiary/aromatic N) is 2. The molecule has 1 aromatic heterocycles. The monoisotopic (exact) mass is 377 g/mol. The minimum absolute atomic E-state index is 0.0101. The second kappa shape index (κ2) is 6.41. The molecule has 10 heteroatoms. The molecule has 0 radical (unpaired) electrons. The molecule has 0 aliphatic carbocycles. The molecule has 5 nitrogen and oxygen atoms in total. The third-order valence-electron chi connectivity index (χ3n) is 4.15. The molecule has 1 atom stereocenters. The number of benzene rings is 1. The molecule has 25 heavy (non-hydrogen) atoms. The molecule has 2 heterocycles. The average molecular weight is 377 g/mol. The first-order chi connectivity index (χ1) is 11.7. The highest BCUT2D eigenvalue weighted by molar-refractivity contribution is 7.89. The second-order valence-electron chi connectivity index (χ2n) is 5.89. The minimum atomic E-state index is -4.97. The van der Waals surface area contributed by atoms with E-state index in [0.717, 1.165) is 5.82 Å². The fourth-order valence-electron chi connectivity index (χ4n) is 2.85. The van der Waals surface area contributed by atoms with Gasteiger partial charge in [0.05, 0.1) is 10.5 Å². The molecule has 0 amide bonds. The van der Waals surface area contributed by atoms with Gasteiger partial charge in [0.1, 0.15) is 11.6 Å². The first-order valence-corrected chi connectivity index (χ1v) is 9.01. The molecule has 1 aromatic carbocycles. The van der Waals surface area contributed by atoms with Gasteiger partial charge < -0.3 is 4.57 Å². The van der Waals surface area contributed by atoms with E-state index in [1.54, 1.807) is 6.20 Å². The van der Waals surface area contributed by atoms with Gasteiger partial charge in [-0.3, -0.25) is 0 Å². The predicted molar refractivity (Wildman–Crippen MR) is 80.6 cm³/mol. The summed E-state index contributed by atoms with van der Waals surface area (Å²) in [7, 11) is -4.42. The number of imidazole rings is 1. The summed E-state index contributed by atoms with van der Waals surface area (Å²) in [6.45, 7) is 0.663. The molecule has 0 saturated carbocycles. The van der Waals surface area contributed by atoms with Crippen LogP contribution in [0, 0.1) is 11.7 Å². The molecular formula is C15H15F4N3O2S. The van der Waals surface area contributed by atoms with Gasteiger partial charge in [0.15, 0.2) is 0 Å². The molecule has 0 spiro atoms. The van der Waals surface area contributed by atoms with E-state index in [2.05, 4.69) is 9.71 Å². The Morgan fingerprint density at radius 2 is 2.08 bits per heavy atom. The van der Waals surface area contributed by atoms with E-state index in [4.69, 9.17) is 0 Å². The highest BCUT2D eigenvalue weighted by Crippen LogP contribution is 2.34. The van der Waals surface area contributed by atoms with Gasteiger partial charge in [0.2, 0.25) is 10.0 Å². The molecule has 3 rings (SSSR count). The van der Waals surface area contributed by atoms with Gasteiger partial charge in [0, 0.05) is 31.9 Å². The summed E-state index contributed by atoms with van der Waals surface area (Å²) in [6, 6.07) is 1.52. The zero-order chi connectivity index (χ0) is 18.2. The van der Waals surface area contributed by atoms with Crippen LogP contribution in [0.4, 0.5) is 17.6 Å². The summed E-state index contributed by atoms with van der Waals surface area (Å²) in [6.07, 6.45) is -0.284. The fourth-order valence-corrected chi connectivity index (χ4v) is 4.18. The Morgan fingerprint density at radius 3 is 2.80 bits per heavy atom. The first-order valence-electron chi connectivity index (χ1n) is 7.53. The van der Waals surface area contributed by atoms with Gasteiger partial charge in [0.25, 0.3) is 0 Å². The summed E-state index contributed by atoms with van der Waals surface area (Å²) in [4.78, 5) is 3.19. The highest BCUT2D eigenvalue weighted by atomic mass is 32.2. The predicted octanol–water partition coefficient (Wildman–Crippen LogP) is 2.58. The Balaban J connectivity index is 1.77. The number of alkyl halides is 3. The Kier molecular flexibility index (Phi) is 4.58. The third kappa shape index (κ3) is 3.84. The van der Waals surface area contributed by atoms with Crippen molar-refractivity contribution in [2.45, 2.75) is 30.5 Å². The number of rotatable bonds is 4. The number of hydrogen-bond acceptors (Lipinski definition) is 3. The van der Waals surface area contributed by atoms with Crippen LogP contribution in [0.1, 0.15) is 17.8 Å². The lowest BCUT2D eigenvalue weighted by Crippen LogP contribution is -2.34. The Hall–Kier alpha value is -1.94. The quantitative estimate of drug-likeness (QED) is 0.833. The standard InChI is InChI=1S/C15H15F4N3O2S/c16-11-1-2-13(12(8-11)15(17,18)19)25(23,24)21-9-10-3-5-22-6-4-20-14(22)7-10/h1-2,4,6,8,10,21H,3,5,7,9H2. The zero-order valence-electron chi connectivity index (χ0n) is 12.9. The van der Waals surface area contributed by atoms with Crippen LogP contribution < -0.4 is 4.72 Å². The summed E-state index contributed by atoms with van der Waals surface area (Å²) in [5, 5.41) is 0. The third-order valence-corrected chi connectivity index (χ3v) is 5.63. The lowest BCUT2D eigenvalue weighted by molar-refractivity contribution is -0.140. The molecule has 0 fully saturated rings. The first kappa shape index (κ1) is 17.9. The van der Waals surface area contributed by atoms with Crippen LogP contribution in [0.2, 0.25) is 0 Å². The van der Waals surface area contributed by atoms with Crippen molar-refractivity contribution in [1.29, 1.82) is 0 Å². The van der Waals surface area contributed by atoms with Crippen LogP contribution in [-0.4, -0.2) is 24.5 Å². The van der Waals surface area contributed by atoms with Crippen molar-refractivity contribution >= 4 is 10.0 Å². The number of sulfonamides is 1.